The number of hydrogen-bond donors (Lipinski definition) is 1. The Morgan fingerprint density at radius 3 is 2.54 bits per heavy atom. The van der Waals surface area contributed by atoms with Crippen LogP contribution in [-0.2, 0) is 16.1 Å². The first-order valence-corrected chi connectivity index (χ1v) is 8.09. The highest BCUT2D eigenvalue weighted by Crippen LogP contribution is 2.23. The van der Waals surface area contributed by atoms with Crippen molar-refractivity contribution in [2.75, 3.05) is 0 Å². The molecule has 1 N–H and O–H groups in total. The smallest absolute Gasteiger partial charge is 0.329 e. The summed E-state index contributed by atoms with van der Waals surface area (Å²) in [6.07, 6.45) is 1.39. The minimum Gasteiger partial charge on any atom is -0.459 e. The Morgan fingerprint density at radius 1 is 1.21 bits per heavy atom. The molecule has 0 fully saturated rings. The first kappa shape index (κ1) is 18.4. The standard InChI is InChI=1S/C17H17Cl2NO4/c1-10(2)15(20-16(21)14-4-3-7-23-14)17(22)24-9-11-5-6-12(18)13(19)8-11/h3-8,10,15H,9H2,1-2H3,(H,20,21). The van der Waals surface area contributed by atoms with E-state index in [-0.39, 0.29) is 18.3 Å². The van der Waals surface area contributed by atoms with E-state index in [0.717, 1.165) is 0 Å². The Kier molecular flexibility index (Phi) is 6.29. The lowest BCUT2D eigenvalue weighted by molar-refractivity contribution is -0.148. The summed E-state index contributed by atoms with van der Waals surface area (Å²) in [5, 5.41) is 3.44. The lowest BCUT2D eigenvalue weighted by Gasteiger charge is -2.20. The third-order valence-corrected chi connectivity index (χ3v) is 4.06. The third-order valence-electron chi connectivity index (χ3n) is 3.32. The Labute approximate surface area is 149 Å². The number of carbonyl (C=O) groups is 2. The molecule has 0 aliphatic heterocycles. The van der Waals surface area contributed by atoms with Gasteiger partial charge < -0.3 is 14.5 Å². The highest BCUT2D eigenvalue weighted by atomic mass is 35.5. The molecule has 0 bridgehead atoms. The van der Waals surface area contributed by atoms with Crippen molar-refractivity contribution in [2.45, 2.75) is 26.5 Å². The summed E-state index contributed by atoms with van der Waals surface area (Å²) in [6, 6.07) is 7.31. The summed E-state index contributed by atoms with van der Waals surface area (Å²) >= 11 is 11.8. The van der Waals surface area contributed by atoms with E-state index in [1.165, 1.54) is 12.3 Å². The maximum Gasteiger partial charge on any atom is 0.329 e. The molecule has 0 radical (unpaired) electrons. The molecule has 5 nitrogen and oxygen atoms in total. The maximum atomic E-state index is 12.3. The van der Waals surface area contributed by atoms with Gasteiger partial charge in [0.15, 0.2) is 5.76 Å². The summed E-state index contributed by atoms with van der Waals surface area (Å²) in [7, 11) is 0. The van der Waals surface area contributed by atoms with Gasteiger partial charge in [-0.1, -0.05) is 43.1 Å². The zero-order chi connectivity index (χ0) is 17.7. The van der Waals surface area contributed by atoms with Crippen molar-refractivity contribution in [3.63, 3.8) is 0 Å². The lowest BCUT2D eigenvalue weighted by Crippen LogP contribution is -2.45. The predicted molar refractivity (Wildman–Crippen MR) is 91.1 cm³/mol. The van der Waals surface area contributed by atoms with Crippen LogP contribution >= 0.6 is 23.2 Å². The number of benzene rings is 1. The second kappa shape index (κ2) is 8.22. The number of nitrogens with one attached hydrogen (secondary N) is 1. The van der Waals surface area contributed by atoms with Gasteiger partial charge in [0.05, 0.1) is 16.3 Å². The van der Waals surface area contributed by atoms with Crippen LogP contribution in [-0.4, -0.2) is 17.9 Å². The third kappa shape index (κ3) is 4.76. The highest BCUT2D eigenvalue weighted by Gasteiger charge is 2.27. The van der Waals surface area contributed by atoms with Gasteiger partial charge >= 0.3 is 5.97 Å². The Morgan fingerprint density at radius 2 is 1.96 bits per heavy atom. The summed E-state index contributed by atoms with van der Waals surface area (Å²) in [4.78, 5) is 24.3. The quantitative estimate of drug-likeness (QED) is 0.778. The SMILES string of the molecule is CC(C)C(NC(=O)c1ccco1)C(=O)OCc1ccc(Cl)c(Cl)c1. The van der Waals surface area contributed by atoms with Gasteiger partial charge in [-0.15, -0.1) is 0 Å². The molecule has 2 aromatic rings. The van der Waals surface area contributed by atoms with E-state index >= 15 is 0 Å². The molecule has 1 amide bonds. The van der Waals surface area contributed by atoms with Gasteiger partial charge in [-0.05, 0) is 35.7 Å². The van der Waals surface area contributed by atoms with Crippen molar-refractivity contribution in [2.24, 2.45) is 5.92 Å². The molecule has 24 heavy (non-hydrogen) atoms. The van der Waals surface area contributed by atoms with Crippen LogP contribution in [0.5, 0.6) is 0 Å². The molecule has 0 saturated carbocycles. The van der Waals surface area contributed by atoms with Gasteiger partial charge in [0.2, 0.25) is 0 Å². The van der Waals surface area contributed by atoms with E-state index in [1.54, 1.807) is 24.3 Å². The zero-order valence-corrected chi connectivity index (χ0v) is 14.7. The van der Waals surface area contributed by atoms with Crippen molar-refractivity contribution in [3.8, 4) is 0 Å². The van der Waals surface area contributed by atoms with Gasteiger partial charge in [0.1, 0.15) is 12.6 Å². The van der Waals surface area contributed by atoms with E-state index < -0.39 is 17.9 Å². The number of hydrogen-bond acceptors (Lipinski definition) is 4. The lowest BCUT2D eigenvalue weighted by atomic mass is 10.0. The molecule has 0 aliphatic carbocycles. The number of halogens is 2. The normalized spacial score (nSPS) is 12.0. The van der Waals surface area contributed by atoms with E-state index in [9.17, 15) is 9.59 Å². The van der Waals surface area contributed by atoms with E-state index in [1.807, 2.05) is 13.8 Å². The largest absolute Gasteiger partial charge is 0.459 e. The fourth-order valence-electron chi connectivity index (χ4n) is 1.99. The molecule has 2 rings (SSSR count). The second-order valence-corrected chi connectivity index (χ2v) is 6.34. The molecule has 0 aliphatic rings. The van der Waals surface area contributed by atoms with E-state index in [0.29, 0.717) is 15.6 Å². The molecule has 1 unspecified atom stereocenters. The van der Waals surface area contributed by atoms with Crippen LogP contribution in [0.1, 0.15) is 30.0 Å². The fourth-order valence-corrected chi connectivity index (χ4v) is 2.31. The van der Waals surface area contributed by atoms with Crippen LogP contribution < -0.4 is 5.32 Å². The van der Waals surface area contributed by atoms with Crippen molar-refractivity contribution in [3.05, 3.63) is 58.0 Å². The van der Waals surface area contributed by atoms with Crippen LogP contribution in [0.15, 0.2) is 41.0 Å². The number of carbonyl (C=O) groups excluding carboxylic acids is 2. The second-order valence-electron chi connectivity index (χ2n) is 5.53. The minimum absolute atomic E-state index is 0.0373. The topological polar surface area (TPSA) is 68.5 Å². The first-order valence-electron chi connectivity index (χ1n) is 7.33. The summed E-state index contributed by atoms with van der Waals surface area (Å²) in [5.41, 5.74) is 0.706. The van der Waals surface area contributed by atoms with E-state index in [4.69, 9.17) is 32.4 Å². The van der Waals surface area contributed by atoms with Gasteiger partial charge in [-0.25, -0.2) is 4.79 Å². The van der Waals surface area contributed by atoms with Crippen molar-refractivity contribution < 1.29 is 18.7 Å². The van der Waals surface area contributed by atoms with Crippen molar-refractivity contribution in [1.29, 1.82) is 0 Å². The molecule has 128 valence electrons. The monoisotopic (exact) mass is 369 g/mol. The molecule has 1 aromatic carbocycles. The predicted octanol–water partition coefficient (Wildman–Crippen LogP) is 4.08. The minimum atomic E-state index is -0.787. The Hall–Kier alpha value is -1.98. The van der Waals surface area contributed by atoms with Crippen LogP contribution in [0.4, 0.5) is 0 Å². The zero-order valence-electron chi connectivity index (χ0n) is 13.2. The molecular formula is C17H17Cl2NO4. The average molecular weight is 370 g/mol. The van der Waals surface area contributed by atoms with E-state index in [2.05, 4.69) is 5.32 Å². The summed E-state index contributed by atoms with van der Waals surface area (Å²) in [6.45, 7) is 3.66. The molecular weight excluding hydrogens is 353 g/mol. The molecule has 1 atom stereocenters. The molecule has 0 saturated heterocycles. The first-order chi connectivity index (χ1) is 11.4. The summed E-state index contributed by atoms with van der Waals surface area (Å²) in [5.74, 6) is -1.01. The highest BCUT2D eigenvalue weighted by molar-refractivity contribution is 6.42. The number of amides is 1. The van der Waals surface area contributed by atoms with Gasteiger partial charge in [0.25, 0.3) is 5.91 Å². The average Bonchev–Trinajstić information content (AvgIpc) is 3.07. The number of rotatable bonds is 6. The van der Waals surface area contributed by atoms with Crippen molar-refractivity contribution in [1.82, 2.24) is 5.32 Å². The molecule has 7 heteroatoms. The van der Waals surface area contributed by atoms with Crippen LogP contribution in [0, 0.1) is 5.92 Å². The van der Waals surface area contributed by atoms with Gasteiger partial charge in [0, 0.05) is 0 Å². The molecule has 0 spiro atoms. The molecule has 1 heterocycles. The molecule has 1 aromatic heterocycles. The Bertz CT molecular complexity index is 713. The Balaban J connectivity index is 1.98. The van der Waals surface area contributed by atoms with Crippen LogP contribution in [0.25, 0.3) is 0 Å². The number of ether oxygens (including phenoxy) is 1. The fraction of sp³-hybridized carbons (Fsp3) is 0.294. The van der Waals surface area contributed by atoms with Gasteiger partial charge in [-0.3, -0.25) is 4.79 Å². The maximum absolute atomic E-state index is 12.3. The van der Waals surface area contributed by atoms with Gasteiger partial charge in [-0.2, -0.15) is 0 Å². The van der Waals surface area contributed by atoms with Crippen LogP contribution in [0.3, 0.4) is 0 Å². The summed E-state index contributed by atoms with van der Waals surface area (Å²) < 4.78 is 10.3. The van der Waals surface area contributed by atoms with Crippen molar-refractivity contribution >= 4 is 35.1 Å². The number of esters is 1. The van der Waals surface area contributed by atoms with Crippen LogP contribution in [0.2, 0.25) is 10.0 Å². The number of furan rings is 1.